The minimum absolute atomic E-state index is 0.0912. The summed E-state index contributed by atoms with van der Waals surface area (Å²) in [6.45, 7) is 3.92. The highest BCUT2D eigenvalue weighted by Gasteiger charge is 2.32. The van der Waals surface area contributed by atoms with Gasteiger partial charge in [-0.25, -0.2) is 4.99 Å². The Labute approximate surface area is 145 Å². The van der Waals surface area contributed by atoms with Crippen LogP contribution in [0.4, 0.5) is 5.82 Å². The topological polar surface area (TPSA) is 78.3 Å². The number of H-pyrrole nitrogens is 1. The van der Waals surface area contributed by atoms with Gasteiger partial charge in [0.1, 0.15) is 5.76 Å². The van der Waals surface area contributed by atoms with E-state index in [0.29, 0.717) is 23.7 Å². The van der Waals surface area contributed by atoms with Crippen molar-refractivity contribution in [2.24, 2.45) is 10.4 Å². The number of nitrogens with one attached hydrogen (secondary N) is 1. The molecule has 0 aliphatic heterocycles. The SMILES string of the molecule is CC1(C)CC(=O)C(C=Nc2cc(-c3ccc(Cl)cc3)[nH]n2)=C(O)C1. The van der Waals surface area contributed by atoms with Gasteiger partial charge in [0.15, 0.2) is 11.6 Å². The lowest BCUT2D eigenvalue weighted by Gasteiger charge is -2.28. The first-order valence-corrected chi connectivity index (χ1v) is 8.03. The molecule has 1 heterocycles. The van der Waals surface area contributed by atoms with Crippen molar-refractivity contribution in [3.63, 3.8) is 0 Å². The van der Waals surface area contributed by atoms with Gasteiger partial charge in [0, 0.05) is 30.1 Å². The molecule has 0 spiro atoms. The molecule has 0 bridgehead atoms. The number of aliphatic hydroxyl groups is 1. The Hall–Kier alpha value is -2.40. The van der Waals surface area contributed by atoms with Crippen molar-refractivity contribution in [2.45, 2.75) is 26.7 Å². The number of nitrogens with zero attached hydrogens (tertiary/aromatic N) is 2. The van der Waals surface area contributed by atoms with Gasteiger partial charge in [-0.05, 0) is 23.1 Å². The Balaban J connectivity index is 1.81. The number of carbonyl (C=O) groups is 1. The maximum absolute atomic E-state index is 12.2. The van der Waals surface area contributed by atoms with Gasteiger partial charge in [-0.2, -0.15) is 5.10 Å². The fraction of sp³-hybridized carbons (Fsp3) is 0.278. The number of ketones is 1. The lowest BCUT2D eigenvalue weighted by molar-refractivity contribution is -0.117. The second kappa shape index (κ2) is 6.24. The first-order valence-electron chi connectivity index (χ1n) is 7.65. The molecule has 24 heavy (non-hydrogen) atoms. The standard InChI is InChI=1S/C18H18ClN3O2/c1-18(2)8-15(23)13(16(24)9-18)10-20-17-7-14(21-22-17)11-3-5-12(19)6-4-11/h3-7,10,23H,8-9H2,1-2H3,(H,21,22). The van der Waals surface area contributed by atoms with E-state index in [2.05, 4.69) is 15.2 Å². The second-order valence-corrected chi connectivity index (χ2v) is 7.14. The van der Waals surface area contributed by atoms with E-state index in [9.17, 15) is 9.90 Å². The van der Waals surface area contributed by atoms with Crippen molar-refractivity contribution < 1.29 is 9.90 Å². The molecule has 1 aliphatic carbocycles. The Morgan fingerprint density at radius 1 is 1.29 bits per heavy atom. The largest absolute Gasteiger partial charge is 0.511 e. The minimum Gasteiger partial charge on any atom is -0.511 e. The summed E-state index contributed by atoms with van der Waals surface area (Å²) >= 11 is 5.88. The summed E-state index contributed by atoms with van der Waals surface area (Å²) in [6.07, 6.45) is 2.26. The van der Waals surface area contributed by atoms with E-state index in [4.69, 9.17) is 11.6 Å². The van der Waals surface area contributed by atoms with Crippen LogP contribution < -0.4 is 0 Å². The van der Waals surface area contributed by atoms with Crippen molar-refractivity contribution in [3.8, 4) is 11.3 Å². The fourth-order valence-electron chi connectivity index (χ4n) is 2.73. The highest BCUT2D eigenvalue weighted by Crippen LogP contribution is 2.35. The number of benzene rings is 1. The van der Waals surface area contributed by atoms with Crippen LogP contribution in [0.15, 0.2) is 46.7 Å². The number of aromatic nitrogens is 2. The number of aromatic amines is 1. The average molecular weight is 344 g/mol. The molecule has 0 saturated carbocycles. The highest BCUT2D eigenvalue weighted by molar-refractivity contribution is 6.30. The van der Waals surface area contributed by atoms with Gasteiger partial charge < -0.3 is 5.11 Å². The van der Waals surface area contributed by atoms with Crippen LogP contribution >= 0.6 is 11.6 Å². The van der Waals surface area contributed by atoms with Gasteiger partial charge in [-0.1, -0.05) is 37.6 Å². The van der Waals surface area contributed by atoms with Crippen molar-refractivity contribution >= 4 is 29.4 Å². The second-order valence-electron chi connectivity index (χ2n) is 6.71. The zero-order chi connectivity index (χ0) is 17.3. The molecule has 0 atom stereocenters. The summed E-state index contributed by atoms with van der Waals surface area (Å²) in [6, 6.07) is 9.13. The van der Waals surface area contributed by atoms with Crippen LogP contribution in [0.25, 0.3) is 11.3 Å². The number of rotatable bonds is 3. The molecular formula is C18H18ClN3O2. The number of hydrogen-bond donors (Lipinski definition) is 2. The van der Waals surface area contributed by atoms with E-state index >= 15 is 0 Å². The van der Waals surface area contributed by atoms with Crippen LogP contribution in [-0.4, -0.2) is 27.3 Å². The molecule has 124 valence electrons. The quantitative estimate of drug-likeness (QED) is 0.797. The van der Waals surface area contributed by atoms with E-state index in [-0.39, 0.29) is 22.5 Å². The van der Waals surface area contributed by atoms with Crippen molar-refractivity contribution in [1.29, 1.82) is 0 Å². The van der Waals surface area contributed by atoms with Crippen molar-refractivity contribution in [1.82, 2.24) is 10.2 Å². The predicted octanol–water partition coefficient (Wildman–Crippen LogP) is 4.63. The van der Waals surface area contributed by atoms with Crippen LogP contribution in [0, 0.1) is 5.41 Å². The molecule has 1 aromatic heterocycles. The molecule has 1 aliphatic rings. The van der Waals surface area contributed by atoms with Crippen LogP contribution in [0.1, 0.15) is 26.7 Å². The van der Waals surface area contributed by atoms with Gasteiger partial charge in [0.05, 0.1) is 11.3 Å². The molecule has 0 fully saturated rings. The molecular weight excluding hydrogens is 326 g/mol. The summed E-state index contributed by atoms with van der Waals surface area (Å²) in [5.74, 6) is 0.437. The van der Waals surface area contributed by atoms with Gasteiger partial charge in [-0.15, -0.1) is 0 Å². The fourth-order valence-corrected chi connectivity index (χ4v) is 2.86. The molecule has 0 unspecified atom stereocenters. The number of Topliss-reactive ketones (excluding diaryl/α,β-unsaturated/α-hetero) is 1. The summed E-state index contributed by atoms with van der Waals surface area (Å²) in [5, 5.41) is 17.8. The third-order valence-corrected chi connectivity index (χ3v) is 4.19. The third kappa shape index (κ3) is 3.57. The predicted molar refractivity (Wildman–Crippen MR) is 94.9 cm³/mol. The van der Waals surface area contributed by atoms with E-state index in [1.54, 1.807) is 18.2 Å². The number of aliphatic hydroxyl groups excluding tert-OH is 1. The van der Waals surface area contributed by atoms with E-state index in [1.807, 2.05) is 26.0 Å². The smallest absolute Gasteiger partial charge is 0.174 e. The van der Waals surface area contributed by atoms with Crippen LogP contribution in [-0.2, 0) is 4.79 Å². The van der Waals surface area contributed by atoms with Gasteiger partial charge in [0.25, 0.3) is 0 Å². The van der Waals surface area contributed by atoms with Crippen LogP contribution in [0.3, 0.4) is 0 Å². The molecule has 6 heteroatoms. The summed E-state index contributed by atoms with van der Waals surface area (Å²) in [4.78, 5) is 16.4. The number of hydrogen-bond acceptors (Lipinski definition) is 4. The molecule has 5 nitrogen and oxygen atoms in total. The summed E-state index contributed by atoms with van der Waals surface area (Å²) < 4.78 is 0. The zero-order valence-corrected chi connectivity index (χ0v) is 14.3. The average Bonchev–Trinajstić information content (AvgIpc) is 2.95. The zero-order valence-electron chi connectivity index (χ0n) is 13.5. The first-order chi connectivity index (χ1) is 11.3. The first kappa shape index (κ1) is 16.5. The van der Waals surface area contributed by atoms with Crippen LogP contribution in [0.5, 0.6) is 0 Å². The molecule has 0 saturated heterocycles. The molecule has 1 aromatic carbocycles. The third-order valence-electron chi connectivity index (χ3n) is 3.94. The maximum Gasteiger partial charge on any atom is 0.174 e. The minimum atomic E-state index is -0.216. The number of aliphatic imine (C=N–C) groups is 1. The lowest BCUT2D eigenvalue weighted by atomic mass is 9.77. The molecule has 3 rings (SSSR count). The molecule has 0 radical (unpaired) electrons. The molecule has 2 aromatic rings. The monoisotopic (exact) mass is 343 g/mol. The van der Waals surface area contributed by atoms with Gasteiger partial charge >= 0.3 is 0 Å². The normalized spacial score (nSPS) is 17.7. The molecule has 0 amide bonds. The summed E-state index contributed by atoms with van der Waals surface area (Å²) in [7, 11) is 0. The Bertz CT molecular complexity index is 832. The van der Waals surface area contributed by atoms with E-state index in [1.165, 1.54) is 6.21 Å². The Morgan fingerprint density at radius 2 is 2.00 bits per heavy atom. The van der Waals surface area contributed by atoms with E-state index < -0.39 is 0 Å². The molecule has 2 N–H and O–H groups in total. The van der Waals surface area contributed by atoms with Crippen molar-refractivity contribution in [3.05, 3.63) is 46.7 Å². The Kier molecular flexibility index (Phi) is 4.28. The van der Waals surface area contributed by atoms with Crippen molar-refractivity contribution in [2.75, 3.05) is 0 Å². The Morgan fingerprint density at radius 3 is 2.67 bits per heavy atom. The summed E-state index contributed by atoms with van der Waals surface area (Å²) in [5.41, 5.74) is 1.79. The van der Waals surface area contributed by atoms with Gasteiger partial charge in [0.2, 0.25) is 0 Å². The number of allylic oxidation sites excluding steroid dienone is 2. The highest BCUT2D eigenvalue weighted by atomic mass is 35.5. The number of carbonyl (C=O) groups excluding carboxylic acids is 1. The van der Waals surface area contributed by atoms with E-state index in [0.717, 1.165) is 11.3 Å². The number of halogens is 1. The van der Waals surface area contributed by atoms with Crippen LogP contribution in [0.2, 0.25) is 5.02 Å². The maximum atomic E-state index is 12.2. The lowest BCUT2D eigenvalue weighted by Crippen LogP contribution is -2.26. The van der Waals surface area contributed by atoms with Gasteiger partial charge in [-0.3, -0.25) is 9.89 Å².